The number of nitrogens with zero attached hydrogens (tertiary/aromatic N) is 8. The molecule has 1 saturated carbocycles. The number of carbonyl (C=O) groups is 1. The summed E-state index contributed by atoms with van der Waals surface area (Å²) in [5, 5.41) is 5.11. The van der Waals surface area contributed by atoms with E-state index >= 15 is 0 Å². The van der Waals surface area contributed by atoms with Crippen LogP contribution in [0.2, 0.25) is 77.1 Å². The van der Waals surface area contributed by atoms with Crippen molar-refractivity contribution in [1.29, 1.82) is 0 Å². The van der Waals surface area contributed by atoms with Crippen LogP contribution in [0.3, 0.4) is 0 Å². The average Bonchev–Trinajstić information content (AvgIpc) is 3.74. The Balaban J connectivity index is 1.28. The number of hydrogen-bond donors (Lipinski definition) is 0. The number of piperidine rings is 1. The van der Waals surface area contributed by atoms with Gasteiger partial charge in [-0.25, -0.2) is 9.78 Å². The Hall–Kier alpha value is -3.49. The van der Waals surface area contributed by atoms with Gasteiger partial charge in [0.1, 0.15) is 37.3 Å². The lowest BCUT2D eigenvalue weighted by Crippen LogP contribution is -2.48. The predicted molar refractivity (Wildman–Crippen MR) is 261 cm³/mol. The smallest absolute Gasteiger partial charge is 0.410 e. The van der Waals surface area contributed by atoms with Gasteiger partial charge in [-0.2, -0.15) is 19.0 Å². The lowest BCUT2D eigenvalue weighted by Gasteiger charge is -2.40. The molecule has 0 radical (unpaired) electrons. The molecule has 352 valence electrons. The molecule has 2 aliphatic heterocycles. The van der Waals surface area contributed by atoms with E-state index in [0.717, 1.165) is 84.9 Å². The highest BCUT2D eigenvalue weighted by atomic mass is 28.3. The second kappa shape index (κ2) is 19.4. The van der Waals surface area contributed by atoms with E-state index in [-0.39, 0.29) is 30.8 Å². The molecule has 3 fully saturated rings. The second-order valence-corrected chi connectivity index (χ2v) is 40.0. The van der Waals surface area contributed by atoms with Crippen molar-refractivity contribution in [3.05, 3.63) is 47.9 Å². The Kier molecular flexibility index (Phi) is 14.7. The Morgan fingerprint density at radius 3 is 1.92 bits per heavy atom. The molecule has 0 spiro atoms. The second-order valence-electron chi connectivity index (χ2n) is 23.1. The van der Waals surface area contributed by atoms with E-state index < -0.39 is 35.8 Å². The maximum absolute atomic E-state index is 14.6. The third kappa shape index (κ3) is 12.5. The van der Waals surface area contributed by atoms with Gasteiger partial charge >= 0.3 is 6.09 Å². The number of pyridine rings is 1. The van der Waals surface area contributed by atoms with Crippen molar-refractivity contribution in [1.82, 2.24) is 34.0 Å². The molecular weight excluding hydrogens is 860 g/mol. The van der Waals surface area contributed by atoms with Gasteiger partial charge in [0, 0.05) is 84.9 Å². The van der Waals surface area contributed by atoms with Crippen molar-refractivity contribution in [3.8, 4) is 22.6 Å². The monoisotopic (exact) mass is 935 g/mol. The van der Waals surface area contributed by atoms with E-state index in [1.54, 1.807) is 4.57 Å². The number of rotatable bonds is 20. The summed E-state index contributed by atoms with van der Waals surface area (Å²) >= 11 is 0. The molecule has 2 unspecified atom stereocenters. The normalized spacial score (nSPS) is 19.5. The number of ether oxygens (including phenoxy) is 4. The van der Waals surface area contributed by atoms with Crippen molar-refractivity contribution in [2.45, 2.75) is 173 Å². The lowest BCUT2D eigenvalue weighted by molar-refractivity contribution is 0.00565. The van der Waals surface area contributed by atoms with Crippen LogP contribution in [0.15, 0.2) is 30.7 Å². The molecule has 17 heteroatoms. The molecule has 1 aliphatic carbocycles. The van der Waals surface area contributed by atoms with Gasteiger partial charge < -0.3 is 33.3 Å². The van der Waals surface area contributed by atoms with Crippen molar-refractivity contribution < 1.29 is 28.1 Å². The molecule has 7 rings (SSSR count). The van der Waals surface area contributed by atoms with Crippen LogP contribution in [0.4, 0.5) is 15.0 Å². The molecule has 13 nitrogen and oxygen atoms in total. The van der Waals surface area contributed by atoms with Crippen LogP contribution in [0, 0.1) is 5.95 Å². The van der Waals surface area contributed by atoms with E-state index in [0.29, 0.717) is 50.7 Å². The van der Waals surface area contributed by atoms with E-state index in [2.05, 4.69) is 68.8 Å². The number of amides is 1. The highest BCUT2D eigenvalue weighted by Gasteiger charge is 2.47. The minimum atomic E-state index is -1.33. The van der Waals surface area contributed by atoms with Gasteiger partial charge in [0.2, 0.25) is 5.95 Å². The predicted octanol–water partition coefficient (Wildman–Crippen LogP) is 11.1. The lowest BCUT2D eigenvalue weighted by atomic mass is 9.85. The fourth-order valence-corrected chi connectivity index (χ4v) is 11.1. The highest BCUT2D eigenvalue weighted by Crippen LogP contribution is 2.52. The number of imidazole rings is 1. The molecule has 2 saturated heterocycles. The van der Waals surface area contributed by atoms with Gasteiger partial charge in [-0.3, -0.25) is 4.98 Å². The van der Waals surface area contributed by atoms with Gasteiger partial charge in [-0.1, -0.05) is 65.0 Å². The van der Waals surface area contributed by atoms with E-state index in [1.165, 1.54) is 11.8 Å². The van der Waals surface area contributed by atoms with Gasteiger partial charge in [0.05, 0.1) is 18.1 Å². The summed E-state index contributed by atoms with van der Waals surface area (Å²) in [6, 6.07) is 7.20. The van der Waals surface area contributed by atoms with Crippen LogP contribution in [0.25, 0.3) is 28.3 Å². The zero-order valence-electron chi connectivity index (χ0n) is 40.8. The Morgan fingerprint density at radius 1 is 0.797 bits per heavy atom. The van der Waals surface area contributed by atoms with E-state index in [4.69, 9.17) is 34.0 Å². The standard InChI is InChI=1S/C47H75FN8O5Si3/c1-47(2,3)61-46(57)55-36-16-17-37(55)26-35(25-36)42-41(33-13-14-33)45(54(31-59-20-23-63(7,8)9)32-60-21-24-64(10,11)12)56-43(52-42)38(28-50-56)34-15-18-39(49-27-34)44-51-40(48)29-53(44)30-58-19-22-62(4,5)6/h15,18,27-29,33,35-37H,13-14,16-17,19-26,30-32H2,1-12H3. The van der Waals surface area contributed by atoms with Crippen LogP contribution >= 0.6 is 0 Å². The number of carbonyl (C=O) groups excluding carboxylic acids is 1. The molecule has 4 aromatic heterocycles. The third-order valence-corrected chi connectivity index (χ3v) is 17.6. The zero-order valence-corrected chi connectivity index (χ0v) is 43.8. The maximum atomic E-state index is 14.6. The Bertz CT molecular complexity index is 2190. The van der Waals surface area contributed by atoms with Crippen molar-refractivity contribution >= 4 is 41.8 Å². The van der Waals surface area contributed by atoms with Crippen LogP contribution in [-0.4, -0.2) is 115 Å². The van der Waals surface area contributed by atoms with Crippen LogP contribution in [-0.2, 0) is 25.7 Å². The summed E-state index contributed by atoms with van der Waals surface area (Å²) in [6.45, 7) is 29.9. The third-order valence-electron chi connectivity index (χ3n) is 12.5. The van der Waals surface area contributed by atoms with Gasteiger partial charge in [0.15, 0.2) is 11.5 Å². The molecular formula is C47H75FN8O5Si3. The number of aromatic nitrogens is 6. The first kappa shape index (κ1) is 48.4. The molecule has 0 N–H and O–H groups in total. The molecule has 3 aliphatic rings. The topological polar surface area (TPSA) is 121 Å². The SMILES string of the molecule is CC(C)(C)OC(=O)N1C2CCC1CC(c1nc3c(-c4ccc(-c5nc(F)cn5COCC[Si](C)(C)C)nc4)cnn3c(N(COCC[Si](C)(C)C)COCC[Si](C)(C)C)c1C1CC1)C2. The first-order valence-corrected chi connectivity index (χ1v) is 34.8. The minimum absolute atomic E-state index is 0.0855. The summed E-state index contributed by atoms with van der Waals surface area (Å²) in [6.07, 6.45) is 10.6. The van der Waals surface area contributed by atoms with E-state index in [9.17, 15) is 9.18 Å². The number of halogens is 1. The fraction of sp³-hybridized carbons (Fsp3) is 0.681. The maximum Gasteiger partial charge on any atom is 0.410 e. The number of hydrogen-bond acceptors (Lipinski definition) is 10. The molecule has 2 bridgehead atoms. The Morgan fingerprint density at radius 2 is 1.39 bits per heavy atom. The Labute approximate surface area is 383 Å². The first-order valence-electron chi connectivity index (χ1n) is 23.6. The van der Waals surface area contributed by atoms with Crippen molar-refractivity contribution in [3.63, 3.8) is 0 Å². The molecule has 64 heavy (non-hydrogen) atoms. The van der Waals surface area contributed by atoms with Crippen LogP contribution in [0.5, 0.6) is 0 Å². The summed E-state index contributed by atoms with van der Waals surface area (Å²) < 4.78 is 43.4. The average molecular weight is 935 g/mol. The number of anilines is 1. The fourth-order valence-electron chi connectivity index (χ4n) is 8.78. The van der Waals surface area contributed by atoms with Gasteiger partial charge in [-0.15, -0.1) is 0 Å². The molecule has 1 amide bonds. The highest BCUT2D eigenvalue weighted by molar-refractivity contribution is 6.76. The summed E-state index contributed by atoms with van der Waals surface area (Å²) in [4.78, 5) is 32.6. The first-order chi connectivity index (χ1) is 30.0. The van der Waals surface area contributed by atoms with Gasteiger partial charge in [0.25, 0.3) is 0 Å². The minimum Gasteiger partial charge on any atom is -0.444 e. The summed E-state index contributed by atoms with van der Waals surface area (Å²) in [5.41, 5.74) is 4.75. The quantitative estimate of drug-likeness (QED) is 0.0481. The molecule has 6 heterocycles. The van der Waals surface area contributed by atoms with Crippen molar-refractivity contribution in [2.75, 3.05) is 38.2 Å². The zero-order chi connectivity index (χ0) is 46.2. The largest absolute Gasteiger partial charge is 0.444 e. The van der Waals surface area contributed by atoms with Crippen LogP contribution < -0.4 is 4.90 Å². The molecule has 0 aromatic carbocycles. The molecule has 4 aromatic rings. The van der Waals surface area contributed by atoms with Crippen LogP contribution in [0.1, 0.15) is 82.4 Å². The molecule has 2 atom stereocenters. The van der Waals surface area contributed by atoms with Gasteiger partial charge in [-0.05, 0) is 89.4 Å². The summed E-state index contributed by atoms with van der Waals surface area (Å²) in [5.74, 6) is 1.31. The van der Waals surface area contributed by atoms with E-state index in [1.807, 2.05) is 54.7 Å². The summed E-state index contributed by atoms with van der Waals surface area (Å²) in [7, 11) is -3.95. The van der Waals surface area contributed by atoms with Crippen molar-refractivity contribution in [2.24, 2.45) is 0 Å². The number of fused-ring (bicyclic) bond motifs is 3.